The van der Waals surface area contributed by atoms with Crippen molar-refractivity contribution in [3.8, 4) is 0 Å². The van der Waals surface area contributed by atoms with Crippen molar-refractivity contribution in [3.05, 3.63) is 35.4 Å². The summed E-state index contributed by atoms with van der Waals surface area (Å²) in [6.07, 6.45) is 3.70. The highest BCUT2D eigenvalue weighted by Crippen LogP contribution is 2.28. The monoisotopic (exact) mass is 231 g/mol. The fourth-order valence-corrected chi connectivity index (χ4v) is 2.58. The molecule has 0 amide bonds. The number of Topliss-reactive ketones (excluding diaryl/α,β-unsaturated/α-hetero) is 1. The zero-order valence-electron chi connectivity index (χ0n) is 10.8. The molecule has 1 aromatic rings. The minimum absolute atomic E-state index is 0.164. The number of carbonyl (C=O) groups is 1. The molecular weight excluding hydrogens is 210 g/mol. The molecule has 1 saturated heterocycles. The Morgan fingerprint density at radius 2 is 2.12 bits per heavy atom. The lowest BCUT2D eigenvalue weighted by atomic mass is 9.90. The highest BCUT2D eigenvalue weighted by atomic mass is 16.1. The van der Waals surface area contributed by atoms with Gasteiger partial charge in [0.1, 0.15) is 0 Å². The third-order valence-electron chi connectivity index (χ3n) is 3.72. The summed E-state index contributed by atoms with van der Waals surface area (Å²) >= 11 is 0. The third-order valence-corrected chi connectivity index (χ3v) is 3.72. The molecule has 0 spiro atoms. The summed E-state index contributed by atoms with van der Waals surface area (Å²) in [5, 5.41) is 0. The summed E-state index contributed by atoms with van der Waals surface area (Å²) in [7, 11) is 2.19. The third kappa shape index (κ3) is 3.16. The maximum absolute atomic E-state index is 11.4. The van der Waals surface area contributed by atoms with Crippen LogP contribution in [0.4, 0.5) is 0 Å². The number of rotatable bonds is 2. The van der Waals surface area contributed by atoms with Gasteiger partial charge in [-0.1, -0.05) is 18.2 Å². The van der Waals surface area contributed by atoms with Crippen LogP contribution >= 0.6 is 0 Å². The second-order valence-electron chi connectivity index (χ2n) is 5.11. The normalized spacial score (nSPS) is 22.1. The van der Waals surface area contributed by atoms with E-state index in [4.69, 9.17) is 0 Å². The summed E-state index contributed by atoms with van der Waals surface area (Å²) in [6.45, 7) is 4.00. The maximum atomic E-state index is 11.4. The van der Waals surface area contributed by atoms with Crippen molar-refractivity contribution in [2.24, 2.45) is 0 Å². The topological polar surface area (TPSA) is 20.3 Å². The van der Waals surface area contributed by atoms with Crippen molar-refractivity contribution in [2.75, 3.05) is 20.1 Å². The van der Waals surface area contributed by atoms with E-state index in [0.29, 0.717) is 5.92 Å². The highest BCUT2D eigenvalue weighted by molar-refractivity contribution is 5.94. The van der Waals surface area contributed by atoms with E-state index in [0.717, 1.165) is 12.1 Å². The van der Waals surface area contributed by atoms with E-state index in [9.17, 15) is 4.79 Å². The van der Waals surface area contributed by atoms with Gasteiger partial charge < -0.3 is 4.90 Å². The molecule has 17 heavy (non-hydrogen) atoms. The summed E-state index contributed by atoms with van der Waals surface area (Å²) in [4.78, 5) is 13.8. The first kappa shape index (κ1) is 12.3. The molecule has 1 aliphatic rings. The molecule has 0 bridgehead atoms. The molecule has 1 heterocycles. The number of carbonyl (C=O) groups excluding carboxylic acids is 1. The van der Waals surface area contributed by atoms with E-state index >= 15 is 0 Å². The molecule has 0 saturated carbocycles. The first-order valence-corrected chi connectivity index (χ1v) is 6.46. The molecule has 1 atom stereocenters. The Bertz CT molecular complexity index is 400. The number of hydrogen-bond acceptors (Lipinski definition) is 2. The second kappa shape index (κ2) is 5.46. The van der Waals surface area contributed by atoms with Gasteiger partial charge in [0, 0.05) is 5.56 Å². The zero-order chi connectivity index (χ0) is 12.3. The van der Waals surface area contributed by atoms with Gasteiger partial charge in [-0.15, -0.1) is 0 Å². The minimum atomic E-state index is 0.164. The maximum Gasteiger partial charge on any atom is 0.159 e. The predicted molar refractivity (Wildman–Crippen MR) is 70.5 cm³/mol. The highest BCUT2D eigenvalue weighted by Gasteiger charge is 2.17. The molecule has 2 nitrogen and oxygen atoms in total. The Hall–Kier alpha value is -1.15. The molecule has 1 unspecified atom stereocenters. The van der Waals surface area contributed by atoms with Gasteiger partial charge in [-0.25, -0.2) is 0 Å². The van der Waals surface area contributed by atoms with Crippen molar-refractivity contribution in [3.63, 3.8) is 0 Å². The van der Waals surface area contributed by atoms with Gasteiger partial charge in [0.05, 0.1) is 0 Å². The van der Waals surface area contributed by atoms with Crippen molar-refractivity contribution in [1.29, 1.82) is 0 Å². The fourth-order valence-electron chi connectivity index (χ4n) is 2.58. The Morgan fingerprint density at radius 3 is 2.88 bits per heavy atom. The van der Waals surface area contributed by atoms with Crippen LogP contribution in [-0.2, 0) is 0 Å². The number of nitrogens with zero attached hydrogens (tertiary/aromatic N) is 1. The lowest BCUT2D eigenvalue weighted by Gasteiger charge is -2.15. The van der Waals surface area contributed by atoms with Gasteiger partial charge in [0.25, 0.3) is 0 Å². The molecule has 1 aromatic carbocycles. The van der Waals surface area contributed by atoms with Crippen LogP contribution < -0.4 is 0 Å². The van der Waals surface area contributed by atoms with Crippen molar-refractivity contribution < 1.29 is 4.79 Å². The quantitative estimate of drug-likeness (QED) is 0.729. The first-order valence-electron chi connectivity index (χ1n) is 6.46. The first-order chi connectivity index (χ1) is 8.16. The molecule has 2 heteroatoms. The van der Waals surface area contributed by atoms with Gasteiger partial charge in [0.2, 0.25) is 0 Å². The largest absolute Gasteiger partial charge is 0.306 e. The van der Waals surface area contributed by atoms with Gasteiger partial charge in [0.15, 0.2) is 5.78 Å². The number of benzene rings is 1. The van der Waals surface area contributed by atoms with Crippen LogP contribution in [0.5, 0.6) is 0 Å². The SMILES string of the molecule is CC(=O)c1cccc(C2CCCN(C)CC2)c1. The zero-order valence-corrected chi connectivity index (χ0v) is 10.8. The van der Waals surface area contributed by atoms with E-state index in [1.807, 2.05) is 12.1 Å². The minimum Gasteiger partial charge on any atom is -0.306 e. The van der Waals surface area contributed by atoms with E-state index in [1.165, 1.54) is 31.4 Å². The summed E-state index contributed by atoms with van der Waals surface area (Å²) in [5.41, 5.74) is 2.19. The summed E-state index contributed by atoms with van der Waals surface area (Å²) in [6, 6.07) is 8.18. The van der Waals surface area contributed by atoms with E-state index < -0.39 is 0 Å². The van der Waals surface area contributed by atoms with Crippen LogP contribution in [0.2, 0.25) is 0 Å². The van der Waals surface area contributed by atoms with Crippen LogP contribution in [-0.4, -0.2) is 30.8 Å². The summed E-state index contributed by atoms with van der Waals surface area (Å²) < 4.78 is 0. The summed E-state index contributed by atoms with van der Waals surface area (Å²) in [5.74, 6) is 0.789. The van der Waals surface area contributed by atoms with Gasteiger partial charge in [-0.2, -0.15) is 0 Å². The molecule has 92 valence electrons. The van der Waals surface area contributed by atoms with Crippen LogP contribution in [0, 0.1) is 0 Å². The lowest BCUT2D eigenvalue weighted by Crippen LogP contribution is -2.18. The van der Waals surface area contributed by atoms with Gasteiger partial charge in [-0.05, 0) is 63.9 Å². The number of hydrogen-bond donors (Lipinski definition) is 0. The standard InChI is InChI=1S/C15H21NO/c1-12(17)14-5-3-6-15(11-14)13-7-4-9-16(2)10-8-13/h3,5-6,11,13H,4,7-10H2,1-2H3. The smallest absolute Gasteiger partial charge is 0.159 e. The van der Waals surface area contributed by atoms with Crippen molar-refractivity contribution >= 4 is 5.78 Å². The Morgan fingerprint density at radius 1 is 1.29 bits per heavy atom. The van der Waals surface area contributed by atoms with E-state index in [1.54, 1.807) is 6.92 Å². The second-order valence-corrected chi connectivity index (χ2v) is 5.11. The fraction of sp³-hybridized carbons (Fsp3) is 0.533. The number of likely N-dealkylation sites (tertiary alicyclic amines) is 1. The lowest BCUT2D eigenvalue weighted by molar-refractivity contribution is 0.101. The molecule has 0 N–H and O–H groups in total. The van der Waals surface area contributed by atoms with E-state index in [2.05, 4.69) is 24.1 Å². The Kier molecular flexibility index (Phi) is 3.95. The van der Waals surface area contributed by atoms with Crippen LogP contribution in [0.25, 0.3) is 0 Å². The van der Waals surface area contributed by atoms with E-state index in [-0.39, 0.29) is 5.78 Å². The Balaban J connectivity index is 2.15. The van der Waals surface area contributed by atoms with Crippen molar-refractivity contribution in [2.45, 2.75) is 32.1 Å². The molecular formula is C15H21NO. The predicted octanol–water partition coefficient (Wildman–Crippen LogP) is 3.09. The van der Waals surface area contributed by atoms with Crippen LogP contribution in [0.3, 0.4) is 0 Å². The average Bonchev–Trinajstić information content (AvgIpc) is 2.54. The molecule has 1 aliphatic heterocycles. The van der Waals surface area contributed by atoms with Gasteiger partial charge >= 0.3 is 0 Å². The molecule has 0 aromatic heterocycles. The molecule has 0 aliphatic carbocycles. The average molecular weight is 231 g/mol. The van der Waals surface area contributed by atoms with Crippen LogP contribution in [0.15, 0.2) is 24.3 Å². The van der Waals surface area contributed by atoms with Crippen LogP contribution in [0.1, 0.15) is 48.0 Å². The molecule has 2 rings (SSSR count). The molecule has 0 radical (unpaired) electrons. The number of ketones is 1. The Labute approximate surface area is 104 Å². The van der Waals surface area contributed by atoms with Gasteiger partial charge in [-0.3, -0.25) is 4.79 Å². The van der Waals surface area contributed by atoms with Crippen molar-refractivity contribution in [1.82, 2.24) is 4.90 Å². The molecule has 1 fully saturated rings.